The minimum atomic E-state index is -0.264. The van der Waals surface area contributed by atoms with E-state index in [2.05, 4.69) is 10.4 Å². The standard InChI is InChI=1S/C13H15ClN4O/c1-7-4-9(6-10(14)5-7)13(19)16-12-11(15)8(2)17-18(12)3/h4-6H,15H2,1-3H3,(H,16,19). The molecule has 0 saturated carbocycles. The molecule has 0 radical (unpaired) electrons. The maximum absolute atomic E-state index is 12.2. The number of anilines is 2. The lowest BCUT2D eigenvalue weighted by Gasteiger charge is -2.07. The number of carbonyl (C=O) groups excluding carboxylic acids is 1. The van der Waals surface area contributed by atoms with Gasteiger partial charge in [0.2, 0.25) is 0 Å². The molecular formula is C13H15ClN4O. The number of aryl methyl sites for hydroxylation is 3. The van der Waals surface area contributed by atoms with Gasteiger partial charge in [0.15, 0.2) is 5.82 Å². The van der Waals surface area contributed by atoms with Crippen LogP contribution >= 0.6 is 11.6 Å². The fourth-order valence-corrected chi connectivity index (χ4v) is 2.16. The first-order valence-electron chi connectivity index (χ1n) is 5.76. The van der Waals surface area contributed by atoms with Crippen LogP contribution < -0.4 is 11.1 Å². The second kappa shape index (κ2) is 4.93. The van der Waals surface area contributed by atoms with Crippen LogP contribution in [0.1, 0.15) is 21.6 Å². The normalized spacial score (nSPS) is 10.5. The molecule has 100 valence electrons. The Labute approximate surface area is 116 Å². The number of nitrogens with two attached hydrogens (primary N) is 1. The van der Waals surface area contributed by atoms with Gasteiger partial charge in [-0.1, -0.05) is 11.6 Å². The Morgan fingerprint density at radius 1 is 1.37 bits per heavy atom. The quantitative estimate of drug-likeness (QED) is 0.886. The second-order valence-electron chi connectivity index (χ2n) is 4.44. The largest absolute Gasteiger partial charge is 0.394 e. The van der Waals surface area contributed by atoms with Crippen molar-refractivity contribution in [3.05, 3.63) is 40.0 Å². The number of halogens is 1. The number of nitrogen functional groups attached to an aromatic ring is 1. The first-order valence-corrected chi connectivity index (χ1v) is 6.14. The monoisotopic (exact) mass is 278 g/mol. The molecule has 6 heteroatoms. The van der Waals surface area contributed by atoms with E-state index in [1.807, 2.05) is 6.92 Å². The molecule has 0 saturated heterocycles. The minimum Gasteiger partial charge on any atom is -0.394 e. The maximum atomic E-state index is 12.2. The highest BCUT2D eigenvalue weighted by Gasteiger charge is 2.14. The summed E-state index contributed by atoms with van der Waals surface area (Å²) in [4.78, 5) is 12.2. The number of carbonyl (C=O) groups is 1. The summed E-state index contributed by atoms with van der Waals surface area (Å²) >= 11 is 5.94. The molecule has 3 N–H and O–H groups in total. The van der Waals surface area contributed by atoms with E-state index in [1.54, 1.807) is 36.9 Å². The first kappa shape index (κ1) is 13.4. The van der Waals surface area contributed by atoms with Crippen molar-refractivity contribution in [3.63, 3.8) is 0 Å². The van der Waals surface area contributed by atoms with Crippen LogP contribution in [-0.2, 0) is 7.05 Å². The van der Waals surface area contributed by atoms with Crippen LogP contribution in [0, 0.1) is 13.8 Å². The molecule has 2 aromatic rings. The summed E-state index contributed by atoms with van der Waals surface area (Å²) < 4.78 is 1.54. The van der Waals surface area contributed by atoms with E-state index in [4.69, 9.17) is 17.3 Å². The highest BCUT2D eigenvalue weighted by molar-refractivity contribution is 6.31. The van der Waals surface area contributed by atoms with Crippen molar-refractivity contribution in [1.82, 2.24) is 9.78 Å². The lowest BCUT2D eigenvalue weighted by molar-refractivity contribution is 0.102. The van der Waals surface area contributed by atoms with Gasteiger partial charge in [0.05, 0.1) is 11.4 Å². The van der Waals surface area contributed by atoms with Crippen molar-refractivity contribution in [2.24, 2.45) is 7.05 Å². The van der Waals surface area contributed by atoms with Crippen LogP contribution in [0.5, 0.6) is 0 Å². The molecule has 0 spiro atoms. The van der Waals surface area contributed by atoms with Crippen LogP contribution in [0.3, 0.4) is 0 Å². The lowest BCUT2D eigenvalue weighted by Crippen LogP contribution is -2.15. The van der Waals surface area contributed by atoms with Crippen molar-refractivity contribution in [1.29, 1.82) is 0 Å². The van der Waals surface area contributed by atoms with E-state index in [-0.39, 0.29) is 5.91 Å². The van der Waals surface area contributed by atoms with Crippen LogP contribution in [0.4, 0.5) is 11.5 Å². The SMILES string of the molecule is Cc1cc(Cl)cc(C(=O)Nc2c(N)c(C)nn2C)c1. The van der Waals surface area contributed by atoms with Crippen molar-refractivity contribution < 1.29 is 4.79 Å². The van der Waals surface area contributed by atoms with Crippen molar-refractivity contribution in [2.75, 3.05) is 11.1 Å². The van der Waals surface area contributed by atoms with Gasteiger partial charge >= 0.3 is 0 Å². The van der Waals surface area contributed by atoms with Gasteiger partial charge in [0, 0.05) is 17.6 Å². The average Bonchev–Trinajstić information content (AvgIpc) is 2.54. The molecule has 0 aliphatic heterocycles. The molecule has 1 aromatic heterocycles. The summed E-state index contributed by atoms with van der Waals surface area (Å²) in [7, 11) is 1.72. The summed E-state index contributed by atoms with van der Waals surface area (Å²) in [6, 6.07) is 5.17. The molecule has 1 heterocycles. The van der Waals surface area contributed by atoms with Crippen molar-refractivity contribution in [3.8, 4) is 0 Å². The number of rotatable bonds is 2. The Hall–Kier alpha value is -2.01. The molecule has 19 heavy (non-hydrogen) atoms. The van der Waals surface area contributed by atoms with Gasteiger partial charge in [-0.25, -0.2) is 0 Å². The number of aromatic nitrogens is 2. The minimum absolute atomic E-state index is 0.264. The zero-order chi connectivity index (χ0) is 14.2. The molecule has 2 rings (SSSR count). The second-order valence-corrected chi connectivity index (χ2v) is 4.88. The van der Waals surface area contributed by atoms with Gasteiger partial charge in [0.25, 0.3) is 5.91 Å². The van der Waals surface area contributed by atoms with E-state index in [1.165, 1.54) is 0 Å². The number of amides is 1. The third-order valence-electron chi connectivity index (χ3n) is 2.80. The van der Waals surface area contributed by atoms with Crippen LogP contribution in [0.2, 0.25) is 5.02 Å². The van der Waals surface area contributed by atoms with Gasteiger partial charge in [-0.2, -0.15) is 5.10 Å². The zero-order valence-corrected chi connectivity index (χ0v) is 11.7. The number of hydrogen-bond donors (Lipinski definition) is 2. The molecular weight excluding hydrogens is 264 g/mol. The highest BCUT2D eigenvalue weighted by atomic mass is 35.5. The Morgan fingerprint density at radius 3 is 2.58 bits per heavy atom. The maximum Gasteiger partial charge on any atom is 0.256 e. The molecule has 5 nitrogen and oxygen atoms in total. The lowest BCUT2D eigenvalue weighted by atomic mass is 10.1. The Balaban J connectivity index is 2.30. The third-order valence-corrected chi connectivity index (χ3v) is 3.02. The van der Waals surface area contributed by atoms with E-state index >= 15 is 0 Å². The third kappa shape index (κ3) is 2.71. The molecule has 1 amide bonds. The Morgan fingerprint density at radius 2 is 2.05 bits per heavy atom. The Bertz CT molecular complexity index is 628. The number of nitrogens with zero attached hydrogens (tertiary/aromatic N) is 2. The van der Waals surface area contributed by atoms with Gasteiger partial charge in [0.1, 0.15) is 0 Å². The summed E-state index contributed by atoms with van der Waals surface area (Å²) in [5, 5.41) is 7.42. The Kier molecular flexibility index (Phi) is 3.48. The predicted octanol–water partition coefficient (Wildman–Crippen LogP) is 2.52. The van der Waals surface area contributed by atoms with Crippen molar-refractivity contribution in [2.45, 2.75) is 13.8 Å². The van der Waals surface area contributed by atoms with E-state index in [0.29, 0.717) is 27.8 Å². The van der Waals surface area contributed by atoms with Crippen LogP contribution in [-0.4, -0.2) is 15.7 Å². The summed E-state index contributed by atoms with van der Waals surface area (Å²) in [5.74, 6) is 0.223. The fourth-order valence-electron chi connectivity index (χ4n) is 1.87. The highest BCUT2D eigenvalue weighted by Crippen LogP contribution is 2.22. The predicted molar refractivity (Wildman–Crippen MR) is 76.5 cm³/mol. The van der Waals surface area contributed by atoms with Gasteiger partial charge < -0.3 is 11.1 Å². The average molecular weight is 279 g/mol. The van der Waals surface area contributed by atoms with Gasteiger partial charge in [-0.3, -0.25) is 9.48 Å². The molecule has 0 aliphatic rings. The van der Waals surface area contributed by atoms with Crippen LogP contribution in [0.25, 0.3) is 0 Å². The number of nitrogens with one attached hydrogen (secondary N) is 1. The fraction of sp³-hybridized carbons (Fsp3) is 0.231. The molecule has 0 bridgehead atoms. The van der Waals surface area contributed by atoms with Crippen LogP contribution in [0.15, 0.2) is 18.2 Å². The topological polar surface area (TPSA) is 72.9 Å². The first-order chi connectivity index (χ1) is 8.88. The van der Waals surface area contributed by atoms with E-state index in [0.717, 1.165) is 5.56 Å². The molecule has 0 aliphatic carbocycles. The summed E-state index contributed by atoms with van der Waals surface area (Å²) in [6.07, 6.45) is 0. The molecule has 0 atom stereocenters. The zero-order valence-electron chi connectivity index (χ0n) is 11.0. The molecule has 0 unspecified atom stereocenters. The molecule has 1 aromatic carbocycles. The van der Waals surface area contributed by atoms with Gasteiger partial charge in [-0.15, -0.1) is 0 Å². The van der Waals surface area contributed by atoms with E-state index < -0.39 is 0 Å². The summed E-state index contributed by atoms with van der Waals surface area (Å²) in [5.41, 5.74) is 8.43. The summed E-state index contributed by atoms with van der Waals surface area (Å²) in [6.45, 7) is 3.67. The smallest absolute Gasteiger partial charge is 0.256 e. The van der Waals surface area contributed by atoms with Gasteiger partial charge in [-0.05, 0) is 37.6 Å². The number of hydrogen-bond acceptors (Lipinski definition) is 3. The number of benzene rings is 1. The molecule has 0 fully saturated rings. The van der Waals surface area contributed by atoms with E-state index in [9.17, 15) is 4.79 Å². The van der Waals surface area contributed by atoms with Crippen molar-refractivity contribution >= 4 is 29.0 Å².